The van der Waals surface area contributed by atoms with Gasteiger partial charge in [0.25, 0.3) is 0 Å². The number of amides is 1. The van der Waals surface area contributed by atoms with Crippen molar-refractivity contribution in [3.8, 4) is 0 Å². The Morgan fingerprint density at radius 1 is 1.37 bits per heavy atom. The minimum absolute atomic E-state index is 0.108. The number of nitrogens with one attached hydrogen (secondary N) is 1. The summed E-state index contributed by atoms with van der Waals surface area (Å²) >= 11 is 0. The Morgan fingerprint density at radius 3 is 2.42 bits per heavy atom. The molecule has 6 heteroatoms. The second kappa shape index (κ2) is 4.96. The van der Waals surface area contributed by atoms with Crippen LogP contribution in [0, 0.1) is 5.92 Å². The molecule has 0 radical (unpaired) electrons. The molecule has 3 nitrogen and oxygen atoms in total. The molecular weight excluding hydrogens is 257 g/mol. The van der Waals surface area contributed by atoms with E-state index in [4.69, 9.17) is 0 Å². The third kappa shape index (κ3) is 2.88. The lowest BCUT2D eigenvalue weighted by Crippen LogP contribution is -2.45. The molecule has 1 unspecified atom stereocenters. The number of hydrogen-bond donors (Lipinski definition) is 1. The minimum Gasteiger partial charge on any atom is -0.325 e. The number of carbonyl (C=O) groups is 1. The minimum atomic E-state index is -4.22. The maximum Gasteiger partial charge on any atom is 0.390 e. The smallest absolute Gasteiger partial charge is 0.325 e. The van der Waals surface area contributed by atoms with Gasteiger partial charge in [-0.2, -0.15) is 13.2 Å². The van der Waals surface area contributed by atoms with Gasteiger partial charge in [0.1, 0.15) is 0 Å². The van der Waals surface area contributed by atoms with Crippen molar-refractivity contribution in [2.24, 2.45) is 5.92 Å². The van der Waals surface area contributed by atoms with Crippen LogP contribution < -0.4 is 5.32 Å². The summed E-state index contributed by atoms with van der Waals surface area (Å²) in [7, 11) is 0. The summed E-state index contributed by atoms with van der Waals surface area (Å²) in [4.78, 5) is 13.9. The molecule has 1 heterocycles. The van der Waals surface area contributed by atoms with Crippen LogP contribution in [-0.2, 0) is 4.79 Å². The van der Waals surface area contributed by atoms with E-state index in [0.29, 0.717) is 0 Å². The normalized spacial score (nSPS) is 26.9. The lowest BCUT2D eigenvalue weighted by Gasteiger charge is -2.27. The second-order valence-corrected chi connectivity index (χ2v) is 5.99. The largest absolute Gasteiger partial charge is 0.390 e. The predicted octanol–water partition coefficient (Wildman–Crippen LogP) is 2.67. The zero-order valence-corrected chi connectivity index (χ0v) is 11.4. The molecule has 0 aromatic heterocycles. The first-order valence-electron chi connectivity index (χ1n) is 6.91. The molecule has 19 heavy (non-hydrogen) atoms. The van der Waals surface area contributed by atoms with Gasteiger partial charge >= 0.3 is 6.18 Å². The van der Waals surface area contributed by atoms with Gasteiger partial charge in [-0.3, -0.25) is 10.1 Å². The number of carbonyl (C=O) groups excluding carboxylic acids is 1. The number of rotatable bonds is 3. The molecule has 1 spiro atoms. The second-order valence-electron chi connectivity index (χ2n) is 5.99. The first-order chi connectivity index (χ1) is 8.75. The van der Waals surface area contributed by atoms with Crippen molar-refractivity contribution < 1.29 is 18.0 Å². The van der Waals surface area contributed by atoms with E-state index in [0.717, 1.165) is 25.7 Å². The Kier molecular flexibility index (Phi) is 3.82. The van der Waals surface area contributed by atoms with Gasteiger partial charge in [0.2, 0.25) is 5.91 Å². The fraction of sp³-hybridized carbons (Fsp3) is 0.923. The van der Waals surface area contributed by atoms with E-state index in [9.17, 15) is 18.0 Å². The molecule has 1 aliphatic carbocycles. The number of halogens is 3. The Morgan fingerprint density at radius 2 is 1.95 bits per heavy atom. The third-order valence-corrected chi connectivity index (χ3v) is 4.15. The van der Waals surface area contributed by atoms with Crippen LogP contribution in [0.25, 0.3) is 0 Å². The van der Waals surface area contributed by atoms with Crippen molar-refractivity contribution >= 4 is 5.91 Å². The average molecular weight is 278 g/mol. The summed E-state index contributed by atoms with van der Waals surface area (Å²) in [5, 5.41) is 3.31. The van der Waals surface area contributed by atoms with Gasteiger partial charge in [-0.15, -0.1) is 0 Å². The number of nitrogens with zero attached hydrogens (tertiary/aromatic N) is 1. The van der Waals surface area contributed by atoms with Crippen molar-refractivity contribution in [1.29, 1.82) is 0 Å². The van der Waals surface area contributed by atoms with Gasteiger partial charge in [0, 0.05) is 6.54 Å². The van der Waals surface area contributed by atoms with Crippen molar-refractivity contribution in [3.63, 3.8) is 0 Å². The van der Waals surface area contributed by atoms with Crippen LogP contribution >= 0.6 is 0 Å². The topological polar surface area (TPSA) is 32.3 Å². The number of alkyl halides is 3. The molecule has 1 amide bonds. The highest BCUT2D eigenvalue weighted by molar-refractivity contribution is 5.89. The molecular formula is C13H21F3N2O. The van der Waals surface area contributed by atoms with Crippen molar-refractivity contribution in [2.75, 3.05) is 6.54 Å². The molecule has 1 saturated carbocycles. The molecule has 1 saturated heterocycles. The highest BCUT2D eigenvalue weighted by Gasteiger charge is 2.53. The Labute approximate surface area is 111 Å². The molecule has 1 atom stereocenters. The summed E-state index contributed by atoms with van der Waals surface area (Å²) in [5.41, 5.74) is -0.583. The monoisotopic (exact) mass is 278 g/mol. The highest BCUT2D eigenvalue weighted by atomic mass is 19.4. The molecule has 1 N–H and O–H groups in total. The van der Waals surface area contributed by atoms with Gasteiger partial charge in [-0.05, 0) is 18.8 Å². The fourth-order valence-electron chi connectivity index (χ4n) is 3.18. The quantitative estimate of drug-likeness (QED) is 0.861. The standard InChI is InChI=1S/C13H21F3N2O/c1-9(2)10-17-12(5-3-4-6-12)11(19)18(10)8-7-13(14,15)16/h9-10,17H,3-8H2,1-2H3. The lowest BCUT2D eigenvalue weighted by molar-refractivity contribution is -0.146. The van der Waals surface area contributed by atoms with E-state index in [1.807, 2.05) is 13.8 Å². The van der Waals surface area contributed by atoms with E-state index in [1.165, 1.54) is 4.90 Å². The van der Waals surface area contributed by atoms with Crippen LogP contribution in [0.3, 0.4) is 0 Å². The van der Waals surface area contributed by atoms with Crippen molar-refractivity contribution in [1.82, 2.24) is 10.2 Å². The van der Waals surface area contributed by atoms with Gasteiger partial charge < -0.3 is 4.90 Å². The van der Waals surface area contributed by atoms with Crippen molar-refractivity contribution in [3.05, 3.63) is 0 Å². The molecule has 110 valence electrons. The predicted molar refractivity (Wildman–Crippen MR) is 65.3 cm³/mol. The van der Waals surface area contributed by atoms with E-state index in [2.05, 4.69) is 5.32 Å². The summed E-state index contributed by atoms with van der Waals surface area (Å²) in [5.74, 6) is -0.0230. The highest BCUT2D eigenvalue weighted by Crippen LogP contribution is 2.38. The summed E-state index contributed by atoms with van der Waals surface area (Å²) < 4.78 is 37.1. The van der Waals surface area contributed by atoms with Gasteiger partial charge in [0.05, 0.1) is 18.1 Å². The van der Waals surface area contributed by atoms with E-state index in [1.54, 1.807) is 0 Å². The van der Waals surface area contributed by atoms with E-state index < -0.39 is 18.1 Å². The van der Waals surface area contributed by atoms with Crippen LogP contribution in [0.4, 0.5) is 13.2 Å². The Balaban J connectivity index is 2.12. The third-order valence-electron chi connectivity index (χ3n) is 4.15. The van der Waals surface area contributed by atoms with Gasteiger partial charge in [0.15, 0.2) is 0 Å². The average Bonchev–Trinajstić information content (AvgIpc) is 2.84. The first-order valence-corrected chi connectivity index (χ1v) is 6.91. The maximum absolute atomic E-state index is 12.5. The molecule has 2 fully saturated rings. The molecule has 2 rings (SSSR count). The molecule has 0 aromatic carbocycles. The fourth-order valence-corrected chi connectivity index (χ4v) is 3.18. The first kappa shape index (κ1) is 14.6. The zero-order valence-electron chi connectivity index (χ0n) is 11.4. The van der Waals surface area contributed by atoms with Crippen LogP contribution in [0.15, 0.2) is 0 Å². The summed E-state index contributed by atoms with van der Waals surface area (Å²) in [6, 6.07) is 0. The van der Waals surface area contributed by atoms with Crippen LogP contribution in [0.1, 0.15) is 46.0 Å². The Hall–Kier alpha value is -0.780. The molecule has 0 bridgehead atoms. The van der Waals surface area contributed by atoms with Gasteiger partial charge in [-0.25, -0.2) is 0 Å². The molecule has 2 aliphatic rings. The van der Waals surface area contributed by atoms with Crippen LogP contribution in [0.2, 0.25) is 0 Å². The molecule has 1 aliphatic heterocycles. The summed E-state index contributed by atoms with van der Waals surface area (Å²) in [6.45, 7) is 3.62. The van der Waals surface area contributed by atoms with Crippen LogP contribution in [-0.4, -0.2) is 35.2 Å². The van der Waals surface area contributed by atoms with Crippen LogP contribution in [0.5, 0.6) is 0 Å². The zero-order chi connectivity index (χ0) is 14.3. The van der Waals surface area contributed by atoms with Gasteiger partial charge in [-0.1, -0.05) is 26.7 Å². The SMILES string of the molecule is CC(C)C1NC2(CCCC2)C(=O)N1CCC(F)(F)F. The maximum atomic E-state index is 12.5. The summed E-state index contributed by atoms with van der Waals surface area (Å²) in [6.07, 6.45) is -1.98. The van der Waals surface area contributed by atoms with Crippen molar-refractivity contribution in [2.45, 2.75) is 63.8 Å². The molecule has 0 aromatic rings. The Bertz CT molecular complexity index is 348. The lowest BCUT2D eigenvalue weighted by atomic mass is 9.98. The van der Waals surface area contributed by atoms with E-state index >= 15 is 0 Å². The number of hydrogen-bond acceptors (Lipinski definition) is 2. The van der Waals surface area contributed by atoms with E-state index in [-0.39, 0.29) is 24.5 Å².